The molecule has 2 heteroatoms. The van der Waals surface area contributed by atoms with E-state index in [1.807, 2.05) is 53.4 Å². The molecule has 0 N–H and O–H groups in total. The van der Waals surface area contributed by atoms with Gasteiger partial charge >= 0.3 is 0 Å². The first kappa shape index (κ1) is 32.2. The summed E-state index contributed by atoms with van der Waals surface area (Å²) in [5, 5.41) is 9.81. The highest BCUT2D eigenvalue weighted by molar-refractivity contribution is 6.22. The number of hydrogen-bond donors (Lipinski definition) is 0. The monoisotopic (exact) mass is 713 g/mol. The molecule has 1 aliphatic heterocycles. The van der Waals surface area contributed by atoms with Crippen LogP contribution in [0.3, 0.4) is 0 Å². The van der Waals surface area contributed by atoms with Crippen LogP contribution >= 0.6 is 0 Å². The fraction of sp³-hybridized carbons (Fsp3) is 0.0185. The molecule has 1 amide bonds. The maximum absolute atomic E-state index is 14.2. The van der Waals surface area contributed by atoms with E-state index in [2.05, 4.69) is 158 Å². The van der Waals surface area contributed by atoms with Gasteiger partial charge in [-0.3, -0.25) is 9.69 Å². The molecule has 2 nitrogen and oxygen atoms in total. The predicted molar refractivity (Wildman–Crippen MR) is 235 cm³/mol. The first-order valence-corrected chi connectivity index (χ1v) is 19.2. The van der Waals surface area contributed by atoms with E-state index in [9.17, 15) is 4.79 Å². The van der Waals surface area contributed by atoms with Gasteiger partial charge in [-0.25, -0.2) is 0 Å². The molecule has 1 aliphatic rings. The lowest BCUT2D eigenvalue weighted by molar-refractivity contribution is -0.117. The zero-order valence-electron chi connectivity index (χ0n) is 30.6. The second-order valence-electron chi connectivity index (χ2n) is 14.8. The smallest absolute Gasteiger partial charge is 0.243 e. The van der Waals surface area contributed by atoms with Gasteiger partial charge in [0.25, 0.3) is 0 Å². The summed E-state index contributed by atoms with van der Waals surface area (Å²) in [5.41, 5.74) is 11.0. The average molecular weight is 714 g/mol. The molecule has 0 aromatic heterocycles. The molecule has 10 aromatic rings. The van der Waals surface area contributed by atoms with Crippen molar-refractivity contribution in [2.75, 3.05) is 4.90 Å². The van der Waals surface area contributed by atoms with Gasteiger partial charge in [0.1, 0.15) is 0 Å². The van der Waals surface area contributed by atoms with Gasteiger partial charge in [0.15, 0.2) is 0 Å². The summed E-state index contributed by atoms with van der Waals surface area (Å²) in [6, 6.07) is 73.5. The molecule has 1 unspecified atom stereocenters. The van der Waals surface area contributed by atoms with Crippen molar-refractivity contribution >= 4 is 60.4 Å². The van der Waals surface area contributed by atoms with Gasteiger partial charge in [-0.05, 0) is 124 Å². The van der Waals surface area contributed by atoms with E-state index in [4.69, 9.17) is 0 Å². The summed E-state index contributed by atoms with van der Waals surface area (Å²) < 4.78 is 0. The Kier molecular flexibility index (Phi) is 7.43. The number of rotatable bonds is 5. The van der Waals surface area contributed by atoms with Crippen LogP contribution in [0, 0.1) is 0 Å². The Hall–Kier alpha value is -7.29. The first-order chi connectivity index (χ1) is 27.7. The number of anilines is 2. The van der Waals surface area contributed by atoms with Crippen LogP contribution in [0.25, 0.3) is 76.5 Å². The Balaban J connectivity index is 1.09. The summed E-state index contributed by atoms with van der Waals surface area (Å²) in [5.74, 6) is -0.295. The standard InChI is InChI=1S/C54H35NO/c56-54-53(48-20-10-11-21-50(48)55(54)44-16-2-1-3-17-44)38-26-22-37(23-27-38)41-30-31-47-49(34-41)52(43-29-25-36-13-5-7-15-40(36)33-43)46-19-9-8-18-45(46)51(47)42-28-24-35-12-4-6-14-39(35)32-42/h1-34,53H. The molecular weight excluding hydrogens is 679 g/mol. The maximum Gasteiger partial charge on any atom is 0.243 e. The van der Waals surface area contributed by atoms with Gasteiger partial charge < -0.3 is 0 Å². The minimum atomic E-state index is -0.368. The number of benzene rings is 10. The highest BCUT2D eigenvalue weighted by atomic mass is 16.2. The summed E-state index contributed by atoms with van der Waals surface area (Å²) >= 11 is 0. The predicted octanol–water partition coefficient (Wildman–Crippen LogP) is 14.1. The van der Waals surface area contributed by atoms with E-state index >= 15 is 0 Å². The molecule has 0 saturated carbocycles. The minimum absolute atomic E-state index is 0.0731. The fourth-order valence-electron chi connectivity index (χ4n) is 9.02. The second kappa shape index (κ2) is 12.9. The van der Waals surface area contributed by atoms with Crippen LogP contribution in [-0.2, 0) is 4.79 Å². The van der Waals surface area contributed by atoms with Crippen molar-refractivity contribution in [3.63, 3.8) is 0 Å². The Morgan fingerprint density at radius 2 is 0.857 bits per heavy atom. The highest BCUT2D eigenvalue weighted by Gasteiger charge is 2.38. The molecule has 56 heavy (non-hydrogen) atoms. The fourth-order valence-corrected chi connectivity index (χ4v) is 9.02. The summed E-state index contributed by atoms with van der Waals surface area (Å²) in [6.45, 7) is 0. The van der Waals surface area contributed by atoms with Crippen molar-refractivity contribution in [3.05, 3.63) is 217 Å². The Bertz CT molecular complexity index is 3160. The van der Waals surface area contributed by atoms with Gasteiger partial charge in [0.2, 0.25) is 5.91 Å². The average Bonchev–Trinajstić information content (AvgIpc) is 3.56. The molecule has 0 spiro atoms. The van der Waals surface area contributed by atoms with Crippen molar-refractivity contribution in [2.24, 2.45) is 0 Å². The number of carbonyl (C=O) groups is 1. The molecule has 0 bridgehead atoms. The van der Waals surface area contributed by atoms with Crippen LogP contribution in [0.5, 0.6) is 0 Å². The lowest BCUT2D eigenvalue weighted by Crippen LogP contribution is -2.24. The SMILES string of the molecule is O=C1C(c2ccc(-c3ccc4c(-c5ccc6ccccc6c5)c5ccccc5c(-c5ccc6ccccc6c5)c4c3)cc2)c2ccccc2N1c1ccccc1. The van der Waals surface area contributed by atoms with Crippen LogP contribution in [0.4, 0.5) is 11.4 Å². The van der Waals surface area contributed by atoms with Crippen molar-refractivity contribution in [3.8, 4) is 33.4 Å². The quantitative estimate of drug-likeness (QED) is 0.163. The molecule has 11 rings (SSSR count). The zero-order valence-corrected chi connectivity index (χ0v) is 30.6. The third kappa shape index (κ3) is 5.15. The second-order valence-corrected chi connectivity index (χ2v) is 14.8. The Morgan fingerprint density at radius 3 is 1.52 bits per heavy atom. The van der Waals surface area contributed by atoms with Crippen molar-refractivity contribution in [1.82, 2.24) is 0 Å². The van der Waals surface area contributed by atoms with E-state index in [1.165, 1.54) is 65.3 Å². The molecule has 1 atom stereocenters. The number of para-hydroxylation sites is 2. The summed E-state index contributed by atoms with van der Waals surface area (Å²) in [6.07, 6.45) is 0. The molecule has 0 saturated heterocycles. The molecule has 10 aromatic carbocycles. The van der Waals surface area contributed by atoms with Crippen molar-refractivity contribution in [2.45, 2.75) is 5.92 Å². The van der Waals surface area contributed by atoms with Crippen LogP contribution in [0.1, 0.15) is 17.0 Å². The van der Waals surface area contributed by atoms with Gasteiger partial charge in [-0.15, -0.1) is 0 Å². The van der Waals surface area contributed by atoms with Crippen LogP contribution in [0.15, 0.2) is 206 Å². The molecule has 0 fully saturated rings. The van der Waals surface area contributed by atoms with Gasteiger partial charge in [0, 0.05) is 5.69 Å². The third-order valence-electron chi connectivity index (χ3n) is 11.6. The van der Waals surface area contributed by atoms with Crippen LogP contribution in [-0.4, -0.2) is 5.91 Å². The van der Waals surface area contributed by atoms with Crippen molar-refractivity contribution < 1.29 is 4.79 Å². The number of amides is 1. The maximum atomic E-state index is 14.2. The van der Waals surface area contributed by atoms with E-state index in [1.54, 1.807) is 0 Å². The number of carbonyl (C=O) groups excluding carboxylic acids is 1. The minimum Gasteiger partial charge on any atom is -0.280 e. The number of nitrogens with zero attached hydrogens (tertiary/aromatic N) is 1. The number of hydrogen-bond acceptors (Lipinski definition) is 1. The first-order valence-electron chi connectivity index (χ1n) is 19.2. The molecule has 0 aliphatic carbocycles. The van der Waals surface area contributed by atoms with E-state index < -0.39 is 0 Å². The van der Waals surface area contributed by atoms with Crippen LogP contribution in [0.2, 0.25) is 0 Å². The lowest BCUT2D eigenvalue weighted by atomic mass is 9.84. The molecule has 0 radical (unpaired) electrons. The van der Waals surface area contributed by atoms with E-state index in [0.717, 1.165) is 33.6 Å². The topological polar surface area (TPSA) is 20.3 Å². The molecule has 262 valence electrons. The molecule has 1 heterocycles. The molecular formula is C54H35NO. The van der Waals surface area contributed by atoms with Gasteiger partial charge in [0.05, 0.1) is 11.6 Å². The van der Waals surface area contributed by atoms with Crippen molar-refractivity contribution in [1.29, 1.82) is 0 Å². The largest absolute Gasteiger partial charge is 0.280 e. The van der Waals surface area contributed by atoms with Crippen LogP contribution < -0.4 is 4.90 Å². The lowest BCUT2D eigenvalue weighted by Gasteiger charge is -2.19. The van der Waals surface area contributed by atoms with E-state index in [-0.39, 0.29) is 11.8 Å². The van der Waals surface area contributed by atoms with Gasteiger partial charge in [-0.1, -0.05) is 170 Å². The van der Waals surface area contributed by atoms with E-state index in [0.29, 0.717) is 0 Å². The Morgan fingerprint density at radius 1 is 0.357 bits per heavy atom. The summed E-state index contributed by atoms with van der Waals surface area (Å²) in [7, 11) is 0. The normalized spacial score (nSPS) is 13.9. The highest BCUT2D eigenvalue weighted by Crippen LogP contribution is 2.47. The third-order valence-corrected chi connectivity index (χ3v) is 11.6. The number of fused-ring (bicyclic) bond motifs is 5. The summed E-state index contributed by atoms with van der Waals surface area (Å²) in [4.78, 5) is 16.0. The Labute approximate surface area is 325 Å². The zero-order chi connectivity index (χ0) is 37.2. The van der Waals surface area contributed by atoms with Gasteiger partial charge in [-0.2, -0.15) is 0 Å².